The Hall–Kier alpha value is -3.06. The minimum absolute atomic E-state index is 0.0146. The third-order valence-corrected chi connectivity index (χ3v) is 6.30. The van der Waals surface area contributed by atoms with E-state index in [1.54, 1.807) is 12.1 Å². The van der Waals surface area contributed by atoms with Gasteiger partial charge in [0.15, 0.2) is 5.58 Å². The van der Waals surface area contributed by atoms with E-state index in [4.69, 9.17) is 16.0 Å². The first-order valence-electron chi connectivity index (χ1n) is 10.3. The third kappa shape index (κ3) is 3.43. The van der Waals surface area contributed by atoms with E-state index in [1.807, 2.05) is 23.6 Å². The number of fused-ring (bicyclic) bond motifs is 4. The highest BCUT2D eigenvalue weighted by atomic mass is 35.5. The van der Waals surface area contributed by atoms with Crippen LogP contribution in [0, 0.1) is 5.82 Å². The Labute approximate surface area is 182 Å². The number of carboxylic acid groups (broad SMARTS) is 1. The minimum atomic E-state index is -0.846. The monoisotopic (exact) mass is 441 g/mol. The van der Waals surface area contributed by atoms with Crippen molar-refractivity contribution in [1.82, 2.24) is 9.38 Å². The van der Waals surface area contributed by atoms with Crippen molar-refractivity contribution in [2.75, 3.05) is 11.4 Å². The van der Waals surface area contributed by atoms with Crippen LogP contribution in [-0.4, -0.2) is 33.0 Å². The van der Waals surface area contributed by atoms with Gasteiger partial charge < -0.3 is 18.8 Å². The Kier molecular flexibility index (Phi) is 4.85. The van der Waals surface area contributed by atoms with E-state index in [9.17, 15) is 14.3 Å². The molecule has 0 saturated heterocycles. The lowest BCUT2D eigenvalue weighted by molar-refractivity contribution is -0.136. The highest BCUT2D eigenvalue weighted by molar-refractivity contribution is 6.30. The number of nitrogens with zero attached hydrogens (tertiary/aromatic N) is 3. The summed E-state index contributed by atoms with van der Waals surface area (Å²) in [5.41, 5.74) is 4.96. The van der Waals surface area contributed by atoms with Gasteiger partial charge in [0.25, 0.3) is 6.01 Å². The Bertz CT molecular complexity index is 1310. The second-order valence-electron chi connectivity index (χ2n) is 7.87. The molecule has 31 heavy (non-hydrogen) atoms. The second kappa shape index (κ2) is 7.57. The van der Waals surface area contributed by atoms with Gasteiger partial charge in [-0.2, -0.15) is 4.98 Å². The van der Waals surface area contributed by atoms with Gasteiger partial charge in [-0.15, -0.1) is 0 Å². The molecule has 4 aromatic rings. The maximum absolute atomic E-state index is 13.6. The minimum Gasteiger partial charge on any atom is -0.481 e. The summed E-state index contributed by atoms with van der Waals surface area (Å²) in [4.78, 5) is 18.1. The quantitative estimate of drug-likeness (QED) is 0.477. The van der Waals surface area contributed by atoms with Crippen molar-refractivity contribution >= 4 is 40.2 Å². The van der Waals surface area contributed by atoms with Gasteiger partial charge in [0.05, 0.1) is 11.4 Å². The van der Waals surface area contributed by atoms with Crippen LogP contribution >= 0.6 is 11.6 Å². The molecule has 1 aliphatic carbocycles. The van der Waals surface area contributed by atoms with Crippen molar-refractivity contribution in [3.05, 3.63) is 64.2 Å². The van der Waals surface area contributed by atoms with Gasteiger partial charge in [-0.1, -0.05) is 11.6 Å². The molecule has 0 aliphatic heterocycles. The van der Waals surface area contributed by atoms with Crippen LogP contribution in [0.3, 0.4) is 0 Å². The average molecular weight is 442 g/mol. The normalized spacial score (nSPS) is 16.0. The number of pyridine rings is 1. The molecule has 0 amide bonds. The lowest BCUT2D eigenvalue weighted by Gasteiger charge is -2.33. The number of likely N-dealkylation sites (N-methyl/N-ethyl adjacent to an activating group) is 1. The molecular weight excluding hydrogens is 421 g/mol. The summed E-state index contributed by atoms with van der Waals surface area (Å²) >= 11 is 6.25. The molecule has 3 aromatic heterocycles. The molecule has 0 spiro atoms. The van der Waals surface area contributed by atoms with Gasteiger partial charge in [0.2, 0.25) is 0 Å². The summed E-state index contributed by atoms with van der Waals surface area (Å²) in [7, 11) is 0. The molecule has 3 heterocycles. The van der Waals surface area contributed by atoms with Crippen LogP contribution in [0.2, 0.25) is 5.02 Å². The van der Waals surface area contributed by atoms with Crippen LogP contribution in [-0.2, 0) is 24.1 Å². The van der Waals surface area contributed by atoms with E-state index < -0.39 is 5.97 Å². The second-order valence-corrected chi connectivity index (χ2v) is 8.30. The number of hydrogen-bond donors (Lipinski definition) is 1. The highest BCUT2D eigenvalue weighted by Crippen LogP contribution is 2.35. The van der Waals surface area contributed by atoms with Crippen LogP contribution in [0.4, 0.5) is 10.4 Å². The molecule has 1 N–H and O–H groups in total. The molecule has 1 unspecified atom stereocenters. The van der Waals surface area contributed by atoms with Crippen molar-refractivity contribution < 1.29 is 18.7 Å². The molecule has 5 rings (SSSR count). The SMILES string of the molecule is CCN(c1nc2cc(F)ccc2o1)C1CCc2c(CC(=O)O)c3ccc(Cl)cn3c2C1. The zero-order valence-corrected chi connectivity index (χ0v) is 17.7. The molecule has 0 radical (unpaired) electrons. The fourth-order valence-corrected chi connectivity index (χ4v) is 4.91. The number of oxazole rings is 1. The number of hydrogen-bond acceptors (Lipinski definition) is 4. The Morgan fingerprint density at radius 3 is 3.00 bits per heavy atom. The zero-order valence-electron chi connectivity index (χ0n) is 16.9. The number of aliphatic carboxylic acids is 1. The largest absolute Gasteiger partial charge is 0.481 e. The number of aromatic nitrogens is 2. The van der Waals surface area contributed by atoms with Crippen molar-refractivity contribution in [3.63, 3.8) is 0 Å². The number of benzene rings is 1. The van der Waals surface area contributed by atoms with Crippen molar-refractivity contribution in [1.29, 1.82) is 0 Å². The van der Waals surface area contributed by atoms with Gasteiger partial charge in [-0.3, -0.25) is 4.79 Å². The third-order valence-electron chi connectivity index (χ3n) is 6.08. The smallest absolute Gasteiger partial charge is 0.307 e. The number of halogens is 2. The van der Waals surface area contributed by atoms with E-state index >= 15 is 0 Å². The highest BCUT2D eigenvalue weighted by Gasteiger charge is 2.31. The van der Waals surface area contributed by atoms with Crippen LogP contribution in [0.15, 0.2) is 40.9 Å². The van der Waals surface area contributed by atoms with Crippen LogP contribution < -0.4 is 4.90 Å². The van der Waals surface area contributed by atoms with E-state index in [0.717, 1.165) is 35.2 Å². The van der Waals surface area contributed by atoms with E-state index in [0.29, 0.717) is 35.1 Å². The molecule has 0 bridgehead atoms. The number of carboxylic acids is 1. The summed E-state index contributed by atoms with van der Waals surface area (Å²) in [5, 5.41) is 10.0. The van der Waals surface area contributed by atoms with Gasteiger partial charge in [0, 0.05) is 42.5 Å². The summed E-state index contributed by atoms with van der Waals surface area (Å²) in [6, 6.07) is 8.60. The summed E-state index contributed by atoms with van der Waals surface area (Å²) in [6.07, 6.45) is 4.14. The van der Waals surface area contributed by atoms with E-state index in [2.05, 4.69) is 9.88 Å². The maximum Gasteiger partial charge on any atom is 0.307 e. The molecule has 6 nitrogen and oxygen atoms in total. The number of rotatable bonds is 5. The molecule has 160 valence electrons. The Balaban J connectivity index is 1.55. The number of anilines is 1. The predicted molar refractivity (Wildman–Crippen MR) is 117 cm³/mol. The van der Waals surface area contributed by atoms with Gasteiger partial charge in [-0.25, -0.2) is 4.39 Å². The van der Waals surface area contributed by atoms with Crippen LogP contribution in [0.1, 0.15) is 30.2 Å². The van der Waals surface area contributed by atoms with Crippen molar-refractivity contribution in [2.24, 2.45) is 0 Å². The van der Waals surface area contributed by atoms with E-state index in [-0.39, 0.29) is 18.3 Å². The fraction of sp³-hybridized carbons (Fsp3) is 0.304. The molecule has 0 saturated carbocycles. The van der Waals surface area contributed by atoms with E-state index in [1.165, 1.54) is 12.1 Å². The van der Waals surface area contributed by atoms with Crippen LogP contribution in [0.25, 0.3) is 16.6 Å². The maximum atomic E-state index is 13.6. The van der Waals surface area contributed by atoms with Crippen molar-refractivity contribution in [2.45, 2.75) is 38.6 Å². The zero-order chi connectivity index (χ0) is 21.7. The molecular formula is C23H21ClFN3O3. The van der Waals surface area contributed by atoms with Gasteiger partial charge in [-0.05, 0) is 55.2 Å². The first-order chi connectivity index (χ1) is 14.9. The first kappa shape index (κ1) is 19.9. The summed E-state index contributed by atoms with van der Waals surface area (Å²) < 4.78 is 21.5. The van der Waals surface area contributed by atoms with Crippen molar-refractivity contribution in [3.8, 4) is 0 Å². The predicted octanol–water partition coefficient (Wildman–Crippen LogP) is 4.88. The average Bonchev–Trinajstić information content (AvgIpc) is 3.27. The Morgan fingerprint density at radius 2 is 2.23 bits per heavy atom. The topological polar surface area (TPSA) is 71.0 Å². The molecule has 1 atom stereocenters. The number of carbonyl (C=O) groups is 1. The molecule has 8 heteroatoms. The molecule has 0 fully saturated rings. The fourth-order valence-electron chi connectivity index (χ4n) is 4.75. The van der Waals surface area contributed by atoms with Gasteiger partial charge >= 0.3 is 5.97 Å². The summed E-state index contributed by atoms with van der Waals surface area (Å²) in [5.74, 6) is -1.19. The van der Waals surface area contributed by atoms with Crippen LogP contribution in [0.5, 0.6) is 0 Å². The summed E-state index contributed by atoms with van der Waals surface area (Å²) in [6.45, 7) is 2.72. The lowest BCUT2D eigenvalue weighted by Crippen LogP contribution is -2.40. The lowest BCUT2D eigenvalue weighted by atomic mass is 9.89. The first-order valence-corrected chi connectivity index (χ1v) is 10.7. The molecule has 1 aliphatic rings. The molecule has 1 aromatic carbocycles. The standard InChI is InChI=1S/C23H21ClFN3O3/c1-2-27(23-26-18-9-14(25)4-8-21(18)31-23)15-5-6-16-17(11-22(29)30)19-7-3-13(24)12-28(19)20(16)10-15/h3-4,7-9,12,15H,2,5-6,10-11H2,1H3,(H,29,30). The van der Waals surface area contributed by atoms with Gasteiger partial charge in [0.1, 0.15) is 11.3 Å². The Morgan fingerprint density at radius 1 is 1.39 bits per heavy atom.